The van der Waals surface area contributed by atoms with Crippen molar-refractivity contribution in [3.63, 3.8) is 0 Å². The lowest BCUT2D eigenvalue weighted by Crippen LogP contribution is -2.04. The number of H-pyrrole nitrogens is 1. The number of benzene rings is 2. The number of aromatic nitrogens is 3. The smallest absolute Gasteiger partial charge is 0.335 e. The van der Waals surface area contributed by atoms with Gasteiger partial charge in [0.15, 0.2) is 0 Å². The molecule has 0 aliphatic carbocycles. The van der Waals surface area contributed by atoms with Gasteiger partial charge in [-0.2, -0.15) is 5.10 Å². The van der Waals surface area contributed by atoms with E-state index in [4.69, 9.17) is 10.2 Å². The molecule has 152 valence electrons. The number of carboxylic acids is 1. The number of rotatable bonds is 5. The first-order valence-corrected chi connectivity index (χ1v) is 10.0. The first-order chi connectivity index (χ1) is 14.3. The highest BCUT2D eigenvalue weighted by molar-refractivity contribution is 5.88. The van der Waals surface area contributed by atoms with E-state index in [0.29, 0.717) is 5.92 Å². The van der Waals surface area contributed by atoms with Crippen LogP contribution in [0.2, 0.25) is 0 Å². The Kier molecular flexibility index (Phi) is 5.04. The molecule has 0 unspecified atom stereocenters. The van der Waals surface area contributed by atoms with E-state index >= 15 is 0 Å². The van der Waals surface area contributed by atoms with E-state index in [9.17, 15) is 4.79 Å². The molecule has 0 spiro atoms. The van der Waals surface area contributed by atoms with Gasteiger partial charge >= 0.3 is 5.97 Å². The molecule has 0 bridgehead atoms. The molecule has 0 atom stereocenters. The summed E-state index contributed by atoms with van der Waals surface area (Å²) >= 11 is 0. The summed E-state index contributed by atoms with van der Waals surface area (Å²) in [6.07, 6.45) is 0. The molecule has 0 fully saturated rings. The van der Waals surface area contributed by atoms with Gasteiger partial charge < -0.3 is 10.1 Å². The van der Waals surface area contributed by atoms with Crippen LogP contribution in [0.15, 0.2) is 60.7 Å². The Labute approximate surface area is 176 Å². The van der Waals surface area contributed by atoms with Crippen LogP contribution in [0.3, 0.4) is 0 Å². The van der Waals surface area contributed by atoms with E-state index < -0.39 is 5.97 Å². The second-order valence-corrected chi connectivity index (χ2v) is 7.98. The van der Waals surface area contributed by atoms with Crippen molar-refractivity contribution in [3.8, 4) is 28.3 Å². The Balaban J connectivity index is 1.75. The number of aromatic carboxylic acids is 1. The summed E-state index contributed by atoms with van der Waals surface area (Å²) in [6.45, 7) is 8.52. The van der Waals surface area contributed by atoms with E-state index in [-0.39, 0.29) is 5.56 Å². The molecular formula is C25H25N3O2. The molecule has 0 aliphatic rings. The van der Waals surface area contributed by atoms with Crippen LogP contribution in [0.1, 0.15) is 46.9 Å². The number of nitrogens with one attached hydrogen (secondary N) is 1. The largest absolute Gasteiger partial charge is 0.478 e. The molecule has 5 heteroatoms. The van der Waals surface area contributed by atoms with Crippen molar-refractivity contribution in [1.29, 1.82) is 0 Å². The van der Waals surface area contributed by atoms with Gasteiger partial charge in [0.2, 0.25) is 0 Å². The lowest BCUT2D eigenvalue weighted by atomic mass is 10.0. The zero-order chi connectivity index (χ0) is 21.4. The van der Waals surface area contributed by atoms with Gasteiger partial charge in [-0.15, -0.1) is 0 Å². The highest BCUT2D eigenvalue weighted by Gasteiger charge is 2.16. The predicted molar refractivity (Wildman–Crippen MR) is 119 cm³/mol. The first-order valence-electron chi connectivity index (χ1n) is 10.0. The van der Waals surface area contributed by atoms with Gasteiger partial charge in [-0.1, -0.05) is 43.7 Å². The Morgan fingerprint density at radius 1 is 1.00 bits per heavy atom. The second-order valence-electron chi connectivity index (χ2n) is 7.98. The third kappa shape index (κ3) is 3.66. The van der Waals surface area contributed by atoms with Crippen molar-refractivity contribution < 1.29 is 9.90 Å². The molecule has 5 nitrogen and oxygen atoms in total. The maximum absolute atomic E-state index is 11.1. The second kappa shape index (κ2) is 7.67. The van der Waals surface area contributed by atoms with Crippen molar-refractivity contribution in [3.05, 3.63) is 83.0 Å². The molecule has 30 heavy (non-hydrogen) atoms. The Hall–Kier alpha value is -3.60. The molecule has 0 saturated carbocycles. The summed E-state index contributed by atoms with van der Waals surface area (Å²) in [5.74, 6) is 0.261. The quantitative estimate of drug-likeness (QED) is 0.434. The van der Waals surface area contributed by atoms with Crippen LogP contribution >= 0.6 is 0 Å². The van der Waals surface area contributed by atoms with Gasteiger partial charge in [-0.05, 0) is 67.3 Å². The van der Waals surface area contributed by atoms with Gasteiger partial charge in [0.1, 0.15) is 5.82 Å². The van der Waals surface area contributed by atoms with Gasteiger partial charge in [0.05, 0.1) is 11.3 Å². The van der Waals surface area contributed by atoms with Crippen molar-refractivity contribution in [2.45, 2.75) is 33.6 Å². The van der Waals surface area contributed by atoms with Gasteiger partial charge in [0, 0.05) is 17.0 Å². The van der Waals surface area contributed by atoms with Gasteiger partial charge in [0.25, 0.3) is 0 Å². The lowest BCUT2D eigenvalue weighted by Gasteiger charge is -2.08. The van der Waals surface area contributed by atoms with Gasteiger partial charge in [-0.3, -0.25) is 0 Å². The third-order valence-electron chi connectivity index (χ3n) is 5.34. The third-order valence-corrected chi connectivity index (χ3v) is 5.34. The van der Waals surface area contributed by atoms with Crippen molar-refractivity contribution in [2.75, 3.05) is 0 Å². The standard InChI is InChI=1S/C25H25N3O2/c1-15(2)23-14-22(20-13-16(3)5-6-17(20)4)27-28(23)24-12-11-21(26-24)18-7-9-19(10-8-18)25(29)30/h5-15,26H,1-4H3,(H,29,30). The fraction of sp³-hybridized carbons (Fsp3) is 0.200. The van der Waals surface area contributed by atoms with Crippen LogP contribution in [0.5, 0.6) is 0 Å². The highest BCUT2D eigenvalue weighted by Crippen LogP contribution is 2.29. The number of carbonyl (C=O) groups is 1. The molecule has 2 heterocycles. The molecule has 0 radical (unpaired) electrons. The average Bonchev–Trinajstić information content (AvgIpc) is 3.37. The molecular weight excluding hydrogens is 374 g/mol. The number of hydrogen-bond acceptors (Lipinski definition) is 2. The van der Waals surface area contributed by atoms with Crippen LogP contribution in [0, 0.1) is 13.8 Å². The molecule has 0 saturated heterocycles. The van der Waals surface area contributed by atoms with Crippen LogP contribution in [-0.4, -0.2) is 25.8 Å². The fourth-order valence-corrected chi connectivity index (χ4v) is 3.61. The first kappa shape index (κ1) is 19.7. The molecule has 4 aromatic rings. The van der Waals surface area contributed by atoms with E-state index in [1.165, 1.54) is 11.1 Å². The monoisotopic (exact) mass is 399 g/mol. The number of hydrogen-bond donors (Lipinski definition) is 2. The molecule has 0 aliphatic heterocycles. The molecule has 2 aromatic carbocycles. The minimum Gasteiger partial charge on any atom is -0.478 e. The number of nitrogens with zero attached hydrogens (tertiary/aromatic N) is 2. The summed E-state index contributed by atoms with van der Waals surface area (Å²) in [7, 11) is 0. The van der Waals surface area contributed by atoms with E-state index in [2.05, 4.69) is 56.9 Å². The molecule has 2 N–H and O–H groups in total. The van der Waals surface area contributed by atoms with Gasteiger partial charge in [-0.25, -0.2) is 9.48 Å². The SMILES string of the molecule is Cc1ccc(C)c(-c2cc(C(C)C)n(-c3ccc(-c4ccc(C(=O)O)cc4)[nH]3)n2)c1. The number of carboxylic acid groups (broad SMARTS) is 1. The van der Waals surface area contributed by atoms with Crippen LogP contribution in [-0.2, 0) is 0 Å². The summed E-state index contributed by atoms with van der Waals surface area (Å²) in [5.41, 5.74) is 7.76. The Morgan fingerprint density at radius 3 is 2.40 bits per heavy atom. The lowest BCUT2D eigenvalue weighted by molar-refractivity contribution is 0.0697. The van der Waals surface area contributed by atoms with Crippen molar-refractivity contribution in [1.82, 2.24) is 14.8 Å². The van der Waals surface area contributed by atoms with Crippen LogP contribution < -0.4 is 0 Å². The highest BCUT2D eigenvalue weighted by atomic mass is 16.4. The number of aromatic amines is 1. The van der Waals surface area contributed by atoms with Crippen LogP contribution in [0.4, 0.5) is 0 Å². The molecule has 0 amide bonds. The summed E-state index contributed by atoms with van der Waals surface area (Å²) in [6, 6.07) is 19.4. The predicted octanol–water partition coefficient (Wildman–Crippen LogP) is 5.97. The Morgan fingerprint density at radius 2 is 1.73 bits per heavy atom. The maximum atomic E-state index is 11.1. The van der Waals surface area contributed by atoms with Crippen molar-refractivity contribution in [2.24, 2.45) is 0 Å². The van der Waals surface area contributed by atoms with E-state index in [1.54, 1.807) is 12.1 Å². The fourth-order valence-electron chi connectivity index (χ4n) is 3.61. The molecule has 4 rings (SSSR count). The Bertz CT molecular complexity index is 1210. The topological polar surface area (TPSA) is 70.9 Å². The van der Waals surface area contributed by atoms with E-state index in [1.807, 2.05) is 28.9 Å². The molecule has 2 aromatic heterocycles. The normalized spacial score (nSPS) is 11.2. The summed E-state index contributed by atoms with van der Waals surface area (Å²) < 4.78 is 1.97. The summed E-state index contributed by atoms with van der Waals surface area (Å²) in [4.78, 5) is 14.5. The zero-order valence-electron chi connectivity index (χ0n) is 17.6. The summed E-state index contributed by atoms with van der Waals surface area (Å²) in [5, 5.41) is 14.0. The minimum absolute atomic E-state index is 0.276. The minimum atomic E-state index is -0.925. The van der Waals surface area contributed by atoms with E-state index in [0.717, 1.165) is 34.0 Å². The zero-order valence-corrected chi connectivity index (χ0v) is 17.6. The number of aryl methyl sites for hydroxylation is 2. The average molecular weight is 399 g/mol. The van der Waals surface area contributed by atoms with Crippen molar-refractivity contribution >= 4 is 5.97 Å². The van der Waals surface area contributed by atoms with Crippen LogP contribution in [0.25, 0.3) is 28.3 Å². The maximum Gasteiger partial charge on any atom is 0.335 e.